The summed E-state index contributed by atoms with van der Waals surface area (Å²) in [5.41, 5.74) is 5.32. The molecule has 266 valence electrons. The molecule has 10 heteroatoms. The number of carbonyl (C=O) groups excluding carboxylic acids is 2. The highest BCUT2D eigenvalue weighted by atomic mass is 31.2. The van der Waals surface area contributed by atoms with Crippen molar-refractivity contribution in [3.05, 3.63) is 12.2 Å². The topological polar surface area (TPSA) is 134 Å². The zero-order valence-electron chi connectivity index (χ0n) is 28.9. The van der Waals surface area contributed by atoms with Gasteiger partial charge in [0.05, 0.1) is 13.2 Å². The number of nitrogens with two attached hydrogens (primary N) is 1. The van der Waals surface area contributed by atoms with Crippen LogP contribution in [0.1, 0.15) is 168 Å². The van der Waals surface area contributed by atoms with Crippen molar-refractivity contribution in [1.29, 1.82) is 0 Å². The third-order valence-corrected chi connectivity index (χ3v) is 8.64. The van der Waals surface area contributed by atoms with Crippen molar-refractivity contribution in [1.82, 2.24) is 0 Å². The lowest BCUT2D eigenvalue weighted by Gasteiger charge is -2.19. The monoisotopic (exact) mass is 661 g/mol. The summed E-state index contributed by atoms with van der Waals surface area (Å²) in [6.07, 6.45) is 29.5. The van der Waals surface area contributed by atoms with E-state index in [0.717, 1.165) is 57.8 Å². The molecule has 0 bridgehead atoms. The largest absolute Gasteiger partial charge is 0.472 e. The Kier molecular flexibility index (Phi) is 31.8. The van der Waals surface area contributed by atoms with Gasteiger partial charge in [-0.15, -0.1) is 0 Å². The minimum absolute atomic E-state index is 0.0544. The van der Waals surface area contributed by atoms with Gasteiger partial charge < -0.3 is 20.1 Å². The Morgan fingerprint density at radius 3 is 1.64 bits per heavy atom. The molecule has 0 aliphatic rings. The van der Waals surface area contributed by atoms with Crippen molar-refractivity contribution < 1.29 is 37.6 Å². The first-order valence-electron chi connectivity index (χ1n) is 18.2. The number of ether oxygens (including phenoxy) is 2. The van der Waals surface area contributed by atoms with E-state index in [9.17, 15) is 19.0 Å². The molecule has 0 aliphatic heterocycles. The van der Waals surface area contributed by atoms with E-state index < -0.39 is 26.5 Å². The molecule has 0 spiro atoms. The second kappa shape index (κ2) is 32.7. The summed E-state index contributed by atoms with van der Waals surface area (Å²) in [7, 11) is -4.36. The third-order valence-electron chi connectivity index (χ3n) is 7.65. The highest BCUT2D eigenvalue weighted by molar-refractivity contribution is 7.47. The second-order valence-corrected chi connectivity index (χ2v) is 13.5. The summed E-state index contributed by atoms with van der Waals surface area (Å²) in [4.78, 5) is 34.6. The van der Waals surface area contributed by atoms with Crippen LogP contribution in [0, 0.1) is 0 Å². The molecule has 0 radical (unpaired) electrons. The van der Waals surface area contributed by atoms with Gasteiger partial charge in [0.25, 0.3) is 0 Å². The number of allylic oxidation sites excluding steroid dienone is 2. The van der Waals surface area contributed by atoms with E-state index >= 15 is 0 Å². The van der Waals surface area contributed by atoms with Crippen LogP contribution in [0.4, 0.5) is 0 Å². The fourth-order valence-electron chi connectivity index (χ4n) is 4.91. The SMILES string of the molecule is CCCC/C=C/CCCCCCCC(=O)O[C@H](COC(=O)CCCCCCCCCCCCCCC)COP(=O)(O)OCCN. The molecule has 0 fully saturated rings. The van der Waals surface area contributed by atoms with Crippen molar-refractivity contribution >= 4 is 19.8 Å². The number of phosphoric ester groups is 1. The molecule has 1 unspecified atom stereocenters. The number of carbonyl (C=O) groups is 2. The molecule has 0 rings (SSSR count). The molecule has 0 saturated heterocycles. The second-order valence-electron chi connectivity index (χ2n) is 12.1. The van der Waals surface area contributed by atoms with Crippen LogP contribution in [0.25, 0.3) is 0 Å². The van der Waals surface area contributed by atoms with Crippen LogP contribution in [0.2, 0.25) is 0 Å². The number of unbranched alkanes of at least 4 members (excludes halogenated alkanes) is 19. The Hall–Kier alpha value is -1.25. The normalized spacial score (nSPS) is 13.6. The lowest BCUT2D eigenvalue weighted by atomic mass is 10.0. The Balaban J connectivity index is 4.24. The van der Waals surface area contributed by atoms with Gasteiger partial charge in [-0.25, -0.2) is 4.57 Å². The molecule has 0 aliphatic carbocycles. The van der Waals surface area contributed by atoms with E-state index in [1.807, 2.05) is 0 Å². The first kappa shape index (κ1) is 43.8. The zero-order valence-corrected chi connectivity index (χ0v) is 29.8. The maximum atomic E-state index is 12.5. The van der Waals surface area contributed by atoms with Gasteiger partial charge in [0.15, 0.2) is 6.10 Å². The van der Waals surface area contributed by atoms with E-state index in [1.165, 1.54) is 77.0 Å². The smallest absolute Gasteiger partial charge is 0.462 e. The van der Waals surface area contributed by atoms with Crippen LogP contribution in [0.3, 0.4) is 0 Å². The maximum absolute atomic E-state index is 12.5. The Bertz CT molecular complexity index is 764. The quantitative estimate of drug-likeness (QED) is 0.0299. The van der Waals surface area contributed by atoms with E-state index in [2.05, 4.69) is 26.0 Å². The summed E-state index contributed by atoms with van der Waals surface area (Å²) in [6, 6.07) is 0. The third kappa shape index (κ3) is 32.5. The first-order chi connectivity index (χ1) is 21.8. The van der Waals surface area contributed by atoms with Crippen molar-refractivity contribution in [3.8, 4) is 0 Å². The number of hydrogen-bond donors (Lipinski definition) is 2. The van der Waals surface area contributed by atoms with Gasteiger partial charge in [-0.2, -0.15) is 0 Å². The molecule has 2 atom stereocenters. The molecule has 0 aromatic carbocycles. The van der Waals surface area contributed by atoms with Crippen LogP contribution in [0.5, 0.6) is 0 Å². The van der Waals surface area contributed by atoms with Crippen LogP contribution in [0.15, 0.2) is 12.2 Å². The summed E-state index contributed by atoms with van der Waals surface area (Å²) in [5.74, 6) is -0.837. The number of rotatable bonds is 34. The van der Waals surface area contributed by atoms with Gasteiger partial charge in [0.1, 0.15) is 6.61 Å². The molecular weight excluding hydrogens is 593 g/mol. The number of esters is 2. The fourth-order valence-corrected chi connectivity index (χ4v) is 5.67. The molecule has 45 heavy (non-hydrogen) atoms. The summed E-state index contributed by atoms with van der Waals surface area (Å²) >= 11 is 0. The van der Waals surface area contributed by atoms with Crippen LogP contribution < -0.4 is 5.73 Å². The van der Waals surface area contributed by atoms with E-state index in [1.54, 1.807) is 0 Å². The molecule has 0 aromatic rings. The molecule has 0 aromatic heterocycles. The highest BCUT2D eigenvalue weighted by Gasteiger charge is 2.25. The highest BCUT2D eigenvalue weighted by Crippen LogP contribution is 2.43. The molecule has 0 amide bonds. The van der Waals surface area contributed by atoms with Crippen molar-refractivity contribution in [2.24, 2.45) is 5.73 Å². The van der Waals surface area contributed by atoms with Gasteiger partial charge in [-0.1, -0.05) is 135 Å². The number of phosphoric acid groups is 1. The van der Waals surface area contributed by atoms with Crippen molar-refractivity contribution in [3.63, 3.8) is 0 Å². The Labute approximate surface area is 275 Å². The van der Waals surface area contributed by atoms with E-state index in [-0.39, 0.29) is 38.6 Å². The predicted octanol–water partition coefficient (Wildman–Crippen LogP) is 9.49. The summed E-state index contributed by atoms with van der Waals surface area (Å²) in [6.45, 7) is 3.67. The van der Waals surface area contributed by atoms with E-state index in [0.29, 0.717) is 6.42 Å². The van der Waals surface area contributed by atoms with Crippen molar-refractivity contribution in [2.45, 2.75) is 174 Å². The average Bonchev–Trinajstić information content (AvgIpc) is 3.02. The van der Waals surface area contributed by atoms with Gasteiger partial charge in [0, 0.05) is 19.4 Å². The molecule has 0 heterocycles. The molecule has 3 N–H and O–H groups in total. The molecular formula is C35H68NO8P. The van der Waals surface area contributed by atoms with Gasteiger partial charge in [-0.05, 0) is 32.1 Å². The first-order valence-corrected chi connectivity index (χ1v) is 19.7. The Morgan fingerprint density at radius 1 is 0.644 bits per heavy atom. The lowest BCUT2D eigenvalue weighted by Crippen LogP contribution is -2.29. The van der Waals surface area contributed by atoms with Gasteiger partial charge in [-0.3, -0.25) is 18.6 Å². The van der Waals surface area contributed by atoms with E-state index in [4.69, 9.17) is 24.3 Å². The zero-order chi connectivity index (χ0) is 33.3. The fraction of sp³-hybridized carbons (Fsp3) is 0.886. The van der Waals surface area contributed by atoms with Crippen molar-refractivity contribution in [2.75, 3.05) is 26.4 Å². The van der Waals surface area contributed by atoms with Gasteiger partial charge >= 0.3 is 19.8 Å². The maximum Gasteiger partial charge on any atom is 0.472 e. The summed E-state index contributed by atoms with van der Waals surface area (Å²) < 4.78 is 32.6. The van der Waals surface area contributed by atoms with Crippen LogP contribution >= 0.6 is 7.82 Å². The Morgan fingerprint density at radius 2 is 1.11 bits per heavy atom. The summed E-state index contributed by atoms with van der Waals surface area (Å²) in [5, 5.41) is 0. The molecule has 0 saturated carbocycles. The molecule has 9 nitrogen and oxygen atoms in total. The van der Waals surface area contributed by atoms with Crippen LogP contribution in [-0.2, 0) is 32.7 Å². The van der Waals surface area contributed by atoms with Crippen LogP contribution in [-0.4, -0.2) is 49.3 Å². The lowest BCUT2D eigenvalue weighted by molar-refractivity contribution is -0.161. The minimum atomic E-state index is -4.36. The predicted molar refractivity (Wildman–Crippen MR) is 183 cm³/mol. The average molecular weight is 662 g/mol. The minimum Gasteiger partial charge on any atom is -0.462 e. The van der Waals surface area contributed by atoms with Gasteiger partial charge in [0.2, 0.25) is 0 Å². The standard InChI is InChI=1S/C35H68NO8P/c1-3-5-7-9-11-13-15-16-18-19-21-23-25-27-34(37)41-31-33(32-43-45(39,40)42-30-29-36)44-35(38)28-26-24-22-20-17-14-12-10-8-6-4-2/h10,12,33H,3-9,11,13-32,36H2,1-2H3,(H,39,40)/b12-10+/t33-/m1/s1. The number of hydrogen-bond acceptors (Lipinski definition) is 8.